The molecule has 0 amide bonds. The molecule has 0 unspecified atom stereocenters. The Labute approximate surface area is 204 Å². The van der Waals surface area contributed by atoms with E-state index in [1.54, 1.807) is 0 Å². The van der Waals surface area contributed by atoms with Crippen LogP contribution in [0.15, 0.2) is 111 Å². The van der Waals surface area contributed by atoms with Gasteiger partial charge in [0, 0.05) is 39.4 Å². The normalized spacial score (nSPS) is 12.1. The molecule has 0 saturated carbocycles. The number of aromatic nitrogens is 1. The standard InChI is InChI=1S/C32H19NO3/c1-18-7-6-10-23-31(34)22-14-13-19(15-29(22)36-32(18)23)33-26-11-4-2-8-20(26)24-16-25-21-9-3-5-12-28(21)35-30(25)17-27(24)33/h2-17H,1H3. The van der Waals surface area contributed by atoms with E-state index in [-0.39, 0.29) is 5.43 Å². The first-order valence-corrected chi connectivity index (χ1v) is 12.0. The van der Waals surface area contributed by atoms with Gasteiger partial charge in [-0.1, -0.05) is 48.5 Å². The van der Waals surface area contributed by atoms with E-state index >= 15 is 0 Å². The summed E-state index contributed by atoms with van der Waals surface area (Å²) >= 11 is 0. The van der Waals surface area contributed by atoms with Gasteiger partial charge in [-0.3, -0.25) is 4.79 Å². The maximum Gasteiger partial charge on any atom is 0.200 e. The summed E-state index contributed by atoms with van der Waals surface area (Å²) in [4.78, 5) is 13.2. The second-order valence-electron chi connectivity index (χ2n) is 9.38. The average molecular weight is 466 g/mol. The van der Waals surface area contributed by atoms with Crippen LogP contribution in [0.1, 0.15) is 5.56 Å². The second-order valence-corrected chi connectivity index (χ2v) is 9.38. The predicted molar refractivity (Wildman–Crippen MR) is 146 cm³/mol. The van der Waals surface area contributed by atoms with Crippen LogP contribution in [-0.4, -0.2) is 4.57 Å². The van der Waals surface area contributed by atoms with Crippen molar-refractivity contribution in [1.29, 1.82) is 0 Å². The molecule has 3 aromatic heterocycles. The third kappa shape index (κ3) is 2.50. The Morgan fingerprint density at radius 1 is 0.556 bits per heavy atom. The number of para-hydroxylation sites is 3. The molecule has 4 nitrogen and oxygen atoms in total. The molecule has 0 fully saturated rings. The molecule has 0 saturated heterocycles. The number of nitrogens with zero attached hydrogens (tertiary/aromatic N) is 1. The quantitative estimate of drug-likeness (QED) is 0.229. The third-order valence-electron chi connectivity index (χ3n) is 7.31. The van der Waals surface area contributed by atoms with Gasteiger partial charge in [0.25, 0.3) is 0 Å². The number of furan rings is 1. The zero-order valence-corrected chi connectivity index (χ0v) is 19.4. The molecule has 4 heteroatoms. The average Bonchev–Trinajstić information content (AvgIpc) is 3.43. The van der Waals surface area contributed by atoms with Crippen molar-refractivity contribution in [2.45, 2.75) is 6.92 Å². The Kier molecular flexibility index (Phi) is 3.71. The van der Waals surface area contributed by atoms with Crippen LogP contribution in [0, 0.1) is 6.92 Å². The number of fused-ring (bicyclic) bond motifs is 8. The maximum atomic E-state index is 13.2. The van der Waals surface area contributed by atoms with Crippen LogP contribution in [-0.2, 0) is 0 Å². The highest BCUT2D eigenvalue weighted by Gasteiger charge is 2.17. The number of benzene rings is 5. The van der Waals surface area contributed by atoms with E-state index in [1.807, 2.05) is 61.5 Å². The van der Waals surface area contributed by atoms with Gasteiger partial charge in [-0.15, -0.1) is 0 Å². The van der Waals surface area contributed by atoms with Crippen molar-refractivity contribution < 1.29 is 8.83 Å². The molecular formula is C32H19NO3. The summed E-state index contributed by atoms with van der Waals surface area (Å²) in [5, 5.41) is 5.72. The Hall–Kier alpha value is -4.83. The molecule has 36 heavy (non-hydrogen) atoms. The van der Waals surface area contributed by atoms with E-state index in [2.05, 4.69) is 47.0 Å². The molecule has 170 valence electrons. The lowest BCUT2D eigenvalue weighted by Gasteiger charge is -2.10. The number of aryl methyl sites for hydroxylation is 1. The first-order valence-electron chi connectivity index (χ1n) is 12.0. The fraction of sp³-hybridized carbons (Fsp3) is 0.0312. The lowest BCUT2D eigenvalue weighted by molar-refractivity contribution is 0.656. The molecule has 0 radical (unpaired) electrons. The monoisotopic (exact) mass is 465 g/mol. The van der Waals surface area contributed by atoms with E-state index in [0.29, 0.717) is 21.9 Å². The van der Waals surface area contributed by atoms with Crippen LogP contribution in [0.25, 0.3) is 71.4 Å². The predicted octanol–water partition coefficient (Wildman–Crippen LogP) is 8.25. The molecule has 0 spiro atoms. The zero-order chi connectivity index (χ0) is 24.0. The molecule has 8 aromatic rings. The van der Waals surface area contributed by atoms with Gasteiger partial charge in [-0.2, -0.15) is 0 Å². The smallest absolute Gasteiger partial charge is 0.200 e. The molecule has 0 aliphatic rings. The van der Waals surface area contributed by atoms with E-state index in [0.717, 1.165) is 55.0 Å². The molecule has 8 rings (SSSR count). The van der Waals surface area contributed by atoms with Crippen LogP contribution in [0.5, 0.6) is 0 Å². The molecule has 0 aliphatic heterocycles. The van der Waals surface area contributed by atoms with Gasteiger partial charge in [0.2, 0.25) is 5.43 Å². The summed E-state index contributed by atoms with van der Waals surface area (Å²) in [5.74, 6) is 0. The minimum absolute atomic E-state index is 0.00675. The van der Waals surface area contributed by atoms with Crippen LogP contribution in [0.2, 0.25) is 0 Å². The van der Waals surface area contributed by atoms with Crippen LogP contribution < -0.4 is 5.43 Å². The van der Waals surface area contributed by atoms with Gasteiger partial charge in [-0.25, -0.2) is 0 Å². The Morgan fingerprint density at radius 2 is 1.33 bits per heavy atom. The molecule has 3 heterocycles. The van der Waals surface area contributed by atoms with Crippen LogP contribution in [0.4, 0.5) is 0 Å². The Bertz CT molecular complexity index is 2240. The van der Waals surface area contributed by atoms with Crippen molar-refractivity contribution in [3.63, 3.8) is 0 Å². The Morgan fingerprint density at radius 3 is 2.25 bits per heavy atom. The van der Waals surface area contributed by atoms with Crippen molar-refractivity contribution in [3.8, 4) is 5.69 Å². The van der Waals surface area contributed by atoms with Gasteiger partial charge in [0.1, 0.15) is 22.3 Å². The minimum Gasteiger partial charge on any atom is -0.456 e. The van der Waals surface area contributed by atoms with Crippen LogP contribution >= 0.6 is 0 Å². The lowest BCUT2D eigenvalue weighted by Crippen LogP contribution is -2.03. The summed E-state index contributed by atoms with van der Waals surface area (Å²) in [6.45, 7) is 1.96. The second kappa shape index (κ2) is 6.86. The summed E-state index contributed by atoms with van der Waals surface area (Å²) in [6, 6.07) is 32.4. The Balaban J connectivity index is 1.49. The van der Waals surface area contributed by atoms with Gasteiger partial charge in [0.15, 0.2) is 0 Å². The highest BCUT2D eigenvalue weighted by molar-refractivity contribution is 6.17. The fourth-order valence-corrected chi connectivity index (χ4v) is 5.61. The van der Waals surface area contributed by atoms with Crippen molar-refractivity contribution in [2.75, 3.05) is 0 Å². The summed E-state index contributed by atoms with van der Waals surface area (Å²) in [5.41, 5.74) is 6.94. The largest absolute Gasteiger partial charge is 0.456 e. The first-order chi connectivity index (χ1) is 17.7. The summed E-state index contributed by atoms with van der Waals surface area (Å²) in [7, 11) is 0. The molecule has 0 bridgehead atoms. The summed E-state index contributed by atoms with van der Waals surface area (Å²) in [6.07, 6.45) is 0. The molecule has 0 N–H and O–H groups in total. The topological polar surface area (TPSA) is 48.3 Å². The maximum absolute atomic E-state index is 13.2. The zero-order valence-electron chi connectivity index (χ0n) is 19.4. The third-order valence-corrected chi connectivity index (χ3v) is 7.31. The van der Waals surface area contributed by atoms with Crippen molar-refractivity contribution in [1.82, 2.24) is 4.57 Å². The molecular weight excluding hydrogens is 446 g/mol. The van der Waals surface area contributed by atoms with Crippen molar-refractivity contribution in [2.24, 2.45) is 0 Å². The molecule has 5 aromatic carbocycles. The van der Waals surface area contributed by atoms with E-state index in [1.165, 1.54) is 0 Å². The summed E-state index contributed by atoms with van der Waals surface area (Å²) < 4.78 is 14.7. The highest BCUT2D eigenvalue weighted by Crippen LogP contribution is 2.38. The minimum atomic E-state index is -0.00675. The van der Waals surface area contributed by atoms with Gasteiger partial charge < -0.3 is 13.4 Å². The van der Waals surface area contributed by atoms with Crippen LogP contribution in [0.3, 0.4) is 0 Å². The lowest BCUT2D eigenvalue weighted by atomic mass is 10.1. The fourth-order valence-electron chi connectivity index (χ4n) is 5.61. The van der Waals surface area contributed by atoms with Gasteiger partial charge >= 0.3 is 0 Å². The van der Waals surface area contributed by atoms with E-state index in [9.17, 15) is 4.79 Å². The van der Waals surface area contributed by atoms with Gasteiger partial charge in [0.05, 0.1) is 21.8 Å². The number of hydrogen-bond donors (Lipinski definition) is 0. The van der Waals surface area contributed by atoms with Gasteiger partial charge in [-0.05, 0) is 48.9 Å². The first kappa shape index (κ1) is 19.5. The molecule has 0 atom stereocenters. The number of rotatable bonds is 1. The highest BCUT2D eigenvalue weighted by atomic mass is 16.3. The SMILES string of the molecule is Cc1cccc2c(=O)c3ccc(-n4c5ccccc5c5cc6c(cc54)oc4ccccc46)cc3oc12. The molecule has 0 aliphatic carbocycles. The van der Waals surface area contributed by atoms with Crippen molar-refractivity contribution >= 4 is 65.7 Å². The van der Waals surface area contributed by atoms with Crippen molar-refractivity contribution in [3.05, 3.63) is 113 Å². The van der Waals surface area contributed by atoms with E-state index in [4.69, 9.17) is 8.83 Å². The number of hydrogen-bond acceptors (Lipinski definition) is 3. The van der Waals surface area contributed by atoms with E-state index < -0.39 is 0 Å².